The summed E-state index contributed by atoms with van der Waals surface area (Å²) in [6, 6.07) is 12.7. The van der Waals surface area contributed by atoms with E-state index in [2.05, 4.69) is 9.88 Å². The Morgan fingerprint density at radius 3 is 2.57 bits per heavy atom. The Morgan fingerprint density at radius 2 is 1.77 bits per heavy atom. The maximum Gasteiger partial charge on any atom is 0.328 e. The molecular formula is C23H24FN3O3. The van der Waals surface area contributed by atoms with Crippen molar-refractivity contribution < 1.29 is 9.18 Å². The number of rotatable bonds is 5. The lowest BCUT2D eigenvalue weighted by Gasteiger charge is -2.20. The Hall–Kier alpha value is -3.06. The molecular weight excluding hydrogens is 385 g/mol. The molecule has 3 aromatic rings. The van der Waals surface area contributed by atoms with Gasteiger partial charge in [-0.15, -0.1) is 0 Å². The average molecular weight is 409 g/mol. The fourth-order valence-electron chi connectivity index (χ4n) is 4.13. The number of nitrogens with zero attached hydrogens (tertiary/aromatic N) is 2. The number of hydrogen-bond donors (Lipinski definition) is 1. The first-order valence-electron chi connectivity index (χ1n) is 10.3. The van der Waals surface area contributed by atoms with Crippen molar-refractivity contribution >= 4 is 16.7 Å². The highest BCUT2D eigenvalue weighted by atomic mass is 19.1. The molecule has 1 aromatic heterocycles. The quantitative estimate of drug-likeness (QED) is 0.658. The van der Waals surface area contributed by atoms with Crippen molar-refractivity contribution in [2.24, 2.45) is 5.92 Å². The van der Waals surface area contributed by atoms with E-state index in [4.69, 9.17) is 0 Å². The van der Waals surface area contributed by atoms with E-state index in [1.165, 1.54) is 16.7 Å². The second-order valence-electron chi connectivity index (χ2n) is 7.77. The molecule has 0 spiro atoms. The number of fused-ring (bicyclic) bond motifs is 1. The van der Waals surface area contributed by atoms with Crippen LogP contribution in [0.1, 0.15) is 29.6 Å². The van der Waals surface area contributed by atoms with Crippen LogP contribution in [0.4, 0.5) is 4.39 Å². The molecule has 1 fully saturated rings. The molecule has 1 saturated heterocycles. The molecule has 1 unspecified atom stereocenters. The average Bonchev–Trinajstić information content (AvgIpc) is 2.99. The van der Waals surface area contributed by atoms with Crippen molar-refractivity contribution in [3.8, 4) is 0 Å². The van der Waals surface area contributed by atoms with Crippen molar-refractivity contribution in [1.82, 2.24) is 14.5 Å². The van der Waals surface area contributed by atoms with Crippen molar-refractivity contribution in [1.29, 1.82) is 0 Å². The van der Waals surface area contributed by atoms with Crippen LogP contribution in [0.25, 0.3) is 10.9 Å². The third-order valence-electron chi connectivity index (χ3n) is 5.85. The molecule has 0 radical (unpaired) electrons. The summed E-state index contributed by atoms with van der Waals surface area (Å²) in [6.07, 6.45) is 2.35. The lowest BCUT2D eigenvalue weighted by molar-refractivity contribution is 0.0907. The van der Waals surface area contributed by atoms with Crippen molar-refractivity contribution in [2.45, 2.75) is 25.8 Å². The van der Waals surface area contributed by atoms with E-state index in [0.717, 1.165) is 25.9 Å². The van der Waals surface area contributed by atoms with E-state index in [1.54, 1.807) is 36.4 Å². The summed E-state index contributed by atoms with van der Waals surface area (Å²) in [5, 5.41) is 0.498. The summed E-state index contributed by atoms with van der Waals surface area (Å²) in [6.45, 7) is 2.40. The molecule has 2 heterocycles. The van der Waals surface area contributed by atoms with Crippen LogP contribution in [0.5, 0.6) is 0 Å². The Balaban J connectivity index is 1.41. The molecule has 4 rings (SSSR count). The summed E-state index contributed by atoms with van der Waals surface area (Å²) in [5.74, 6) is -0.385. The van der Waals surface area contributed by atoms with E-state index in [-0.39, 0.29) is 23.1 Å². The van der Waals surface area contributed by atoms with Crippen LogP contribution in [-0.2, 0) is 6.54 Å². The first-order chi connectivity index (χ1) is 14.5. The second-order valence-corrected chi connectivity index (χ2v) is 7.77. The van der Waals surface area contributed by atoms with Crippen LogP contribution < -0.4 is 11.2 Å². The monoisotopic (exact) mass is 409 g/mol. The topological polar surface area (TPSA) is 75.2 Å². The molecule has 7 heteroatoms. The van der Waals surface area contributed by atoms with E-state index >= 15 is 0 Å². The predicted octanol–water partition coefficient (Wildman–Crippen LogP) is 2.81. The normalized spacial score (nSPS) is 17.7. The van der Waals surface area contributed by atoms with Crippen LogP contribution in [0.2, 0.25) is 0 Å². The lowest BCUT2D eigenvalue weighted by Crippen LogP contribution is -2.39. The molecule has 0 amide bonds. The van der Waals surface area contributed by atoms with Gasteiger partial charge in [-0.25, -0.2) is 9.18 Å². The van der Waals surface area contributed by atoms with Gasteiger partial charge in [0.15, 0.2) is 5.78 Å². The van der Waals surface area contributed by atoms with Gasteiger partial charge in [-0.1, -0.05) is 12.1 Å². The fraction of sp³-hybridized carbons (Fsp3) is 0.348. The number of halogens is 1. The number of likely N-dealkylation sites (tertiary alicyclic amines) is 1. The largest absolute Gasteiger partial charge is 0.328 e. The zero-order valence-corrected chi connectivity index (χ0v) is 16.6. The molecule has 30 heavy (non-hydrogen) atoms. The number of aromatic amines is 1. The molecule has 1 aliphatic rings. The Morgan fingerprint density at radius 1 is 1.00 bits per heavy atom. The van der Waals surface area contributed by atoms with E-state index < -0.39 is 5.69 Å². The Kier molecular flexibility index (Phi) is 5.90. The van der Waals surface area contributed by atoms with Gasteiger partial charge in [0.2, 0.25) is 0 Å². The van der Waals surface area contributed by atoms with E-state index in [0.29, 0.717) is 36.0 Å². The van der Waals surface area contributed by atoms with Crippen LogP contribution in [-0.4, -0.2) is 39.9 Å². The summed E-state index contributed by atoms with van der Waals surface area (Å²) >= 11 is 0. The van der Waals surface area contributed by atoms with Crippen molar-refractivity contribution in [3.05, 3.63) is 80.7 Å². The first kappa shape index (κ1) is 20.2. The maximum atomic E-state index is 13.1. The van der Waals surface area contributed by atoms with Crippen molar-refractivity contribution in [2.75, 3.05) is 19.6 Å². The number of ketones is 1. The van der Waals surface area contributed by atoms with E-state index in [1.807, 2.05) is 0 Å². The van der Waals surface area contributed by atoms with Gasteiger partial charge in [0.1, 0.15) is 5.82 Å². The second kappa shape index (κ2) is 8.75. The number of Topliss-reactive ketones (excluding diaryl/α,β-unsaturated/α-hetero) is 1. The van der Waals surface area contributed by atoms with Gasteiger partial charge < -0.3 is 9.88 Å². The molecule has 0 saturated carbocycles. The summed E-state index contributed by atoms with van der Waals surface area (Å²) < 4.78 is 14.4. The number of carbonyl (C=O) groups excluding carboxylic acids is 1. The number of aromatic nitrogens is 2. The molecule has 1 atom stereocenters. The van der Waals surface area contributed by atoms with Gasteiger partial charge >= 0.3 is 5.69 Å². The number of nitrogens with one attached hydrogen (secondary N) is 1. The number of H-pyrrole nitrogens is 1. The zero-order valence-electron chi connectivity index (χ0n) is 16.6. The molecule has 0 bridgehead atoms. The van der Waals surface area contributed by atoms with Gasteiger partial charge in [-0.2, -0.15) is 0 Å². The third kappa shape index (κ3) is 4.26. The minimum Gasteiger partial charge on any atom is -0.307 e. The van der Waals surface area contributed by atoms with Gasteiger partial charge in [-0.3, -0.25) is 14.2 Å². The fourth-order valence-corrected chi connectivity index (χ4v) is 4.13. The highest BCUT2D eigenvalue weighted by Crippen LogP contribution is 2.22. The summed E-state index contributed by atoms with van der Waals surface area (Å²) in [5.41, 5.74) is 0.399. The van der Waals surface area contributed by atoms with Gasteiger partial charge in [-0.05, 0) is 68.8 Å². The molecule has 0 aliphatic carbocycles. The molecule has 1 aliphatic heterocycles. The van der Waals surface area contributed by atoms with Gasteiger partial charge in [0.25, 0.3) is 5.56 Å². The highest BCUT2D eigenvalue weighted by Gasteiger charge is 2.24. The zero-order chi connectivity index (χ0) is 21.1. The van der Waals surface area contributed by atoms with Crippen molar-refractivity contribution in [3.63, 3.8) is 0 Å². The van der Waals surface area contributed by atoms with Gasteiger partial charge in [0, 0.05) is 24.6 Å². The third-order valence-corrected chi connectivity index (χ3v) is 5.85. The smallest absolute Gasteiger partial charge is 0.307 e. The number of carbonyl (C=O) groups is 1. The Bertz CT molecular complexity index is 1170. The minimum absolute atomic E-state index is 0.0547. The number of hydrogen-bond acceptors (Lipinski definition) is 4. The van der Waals surface area contributed by atoms with Crippen LogP contribution in [0.15, 0.2) is 58.1 Å². The number of para-hydroxylation sites is 1. The molecule has 156 valence electrons. The molecule has 1 N–H and O–H groups in total. The predicted molar refractivity (Wildman–Crippen MR) is 113 cm³/mol. The summed E-state index contributed by atoms with van der Waals surface area (Å²) in [7, 11) is 0. The summed E-state index contributed by atoms with van der Waals surface area (Å²) in [4.78, 5) is 42.7. The number of benzene rings is 2. The van der Waals surface area contributed by atoms with Crippen LogP contribution in [0, 0.1) is 11.7 Å². The SMILES string of the molecule is O=C(c1ccc(F)cc1)C1CCCN(CCn2c(=O)[nH]c3ccccc3c2=O)CC1. The lowest BCUT2D eigenvalue weighted by atomic mass is 9.91. The molecule has 6 nitrogen and oxygen atoms in total. The first-order valence-corrected chi connectivity index (χ1v) is 10.3. The standard InChI is InChI=1S/C23H24FN3O3/c24-18-9-7-17(8-10-18)21(28)16-4-3-12-26(13-11-16)14-15-27-22(29)19-5-1-2-6-20(19)25-23(27)30/h1-2,5-10,16H,3-4,11-15H2,(H,25,30). The van der Waals surface area contributed by atoms with Crippen LogP contribution in [0.3, 0.4) is 0 Å². The maximum absolute atomic E-state index is 13.1. The molecule has 2 aromatic carbocycles. The Labute approximate surface area is 173 Å². The van der Waals surface area contributed by atoms with Gasteiger partial charge in [0.05, 0.1) is 10.9 Å². The van der Waals surface area contributed by atoms with Crippen LogP contribution >= 0.6 is 0 Å². The minimum atomic E-state index is -0.405. The highest BCUT2D eigenvalue weighted by molar-refractivity contribution is 5.97. The van der Waals surface area contributed by atoms with E-state index in [9.17, 15) is 18.8 Å².